The average Bonchev–Trinajstić information content (AvgIpc) is 3.36. The van der Waals surface area contributed by atoms with Crippen molar-refractivity contribution in [3.05, 3.63) is 109 Å². The molecule has 36 heavy (non-hydrogen) atoms. The lowest BCUT2D eigenvalue weighted by molar-refractivity contribution is -0.136. The maximum Gasteiger partial charge on any atom is 0.338 e. The second-order valence-electron chi connectivity index (χ2n) is 8.37. The fourth-order valence-corrected chi connectivity index (χ4v) is 5.26. The van der Waals surface area contributed by atoms with E-state index in [9.17, 15) is 9.59 Å². The predicted molar refractivity (Wildman–Crippen MR) is 137 cm³/mol. The minimum absolute atomic E-state index is 0.240. The van der Waals surface area contributed by atoms with Gasteiger partial charge in [0.15, 0.2) is 4.80 Å². The van der Waals surface area contributed by atoms with Gasteiger partial charge in [-0.15, -0.1) is 0 Å². The monoisotopic (exact) mass is 500 g/mol. The van der Waals surface area contributed by atoms with Gasteiger partial charge in [-0.3, -0.25) is 14.0 Å². The van der Waals surface area contributed by atoms with Crippen LogP contribution in [0, 0.1) is 6.92 Å². The molecule has 2 aromatic carbocycles. The third-order valence-corrected chi connectivity index (χ3v) is 7.11. The van der Waals surface area contributed by atoms with Gasteiger partial charge in [-0.25, -0.2) is 9.79 Å². The second-order valence-corrected chi connectivity index (χ2v) is 9.38. The van der Waals surface area contributed by atoms with Crippen molar-refractivity contribution in [3.8, 4) is 11.5 Å². The number of hydrogen-bond donors (Lipinski definition) is 0. The van der Waals surface area contributed by atoms with Crippen LogP contribution in [0.15, 0.2) is 81.9 Å². The van der Waals surface area contributed by atoms with E-state index in [-0.39, 0.29) is 5.56 Å². The molecule has 1 atom stereocenters. The zero-order valence-corrected chi connectivity index (χ0v) is 21.1. The number of nitrogens with zero attached hydrogens (tertiary/aromatic N) is 4. The molecule has 0 amide bonds. The van der Waals surface area contributed by atoms with Crippen LogP contribution in [0.1, 0.15) is 29.8 Å². The number of carbonyl (C=O) groups is 1. The number of aryl methyl sites for hydroxylation is 1. The molecule has 1 aliphatic rings. The van der Waals surface area contributed by atoms with Gasteiger partial charge >= 0.3 is 5.97 Å². The standard InChI is InChI=1S/C27H24N4O4S/c1-16-23(26(33)34-4)24(21-15-28-30(3)17(21)2)31-25(32)22(36-27(31)29-16)14-18-9-8-12-20(13-18)35-19-10-6-5-7-11-19/h5-15,24H,1-4H3/b22-14+/t24-/m0/s1. The minimum atomic E-state index is -0.683. The number of aromatic nitrogens is 3. The van der Waals surface area contributed by atoms with Crippen LogP contribution < -0.4 is 19.6 Å². The fraction of sp³-hybridized carbons (Fsp3) is 0.185. The molecule has 8 nitrogen and oxygen atoms in total. The Balaban J connectivity index is 1.63. The molecule has 182 valence electrons. The van der Waals surface area contributed by atoms with Gasteiger partial charge in [-0.1, -0.05) is 41.7 Å². The first-order valence-corrected chi connectivity index (χ1v) is 12.1. The van der Waals surface area contributed by atoms with E-state index in [0.29, 0.717) is 26.4 Å². The molecule has 2 aromatic heterocycles. The minimum Gasteiger partial charge on any atom is -0.466 e. The zero-order chi connectivity index (χ0) is 25.4. The van der Waals surface area contributed by atoms with Gasteiger partial charge in [0.25, 0.3) is 5.56 Å². The van der Waals surface area contributed by atoms with Gasteiger partial charge in [-0.05, 0) is 49.8 Å². The number of carbonyl (C=O) groups excluding carboxylic acids is 1. The lowest BCUT2D eigenvalue weighted by Crippen LogP contribution is -2.40. The van der Waals surface area contributed by atoms with E-state index in [1.165, 1.54) is 18.4 Å². The number of ether oxygens (including phenoxy) is 2. The van der Waals surface area contributed by atoms with E-state index in [4.69, 9.17) is 9.47 Å². The first-order valence-electron chi connectivity index (χ1n) is 11.3. The summed E-state index contributed by atoms with van der Waals surface area (Å²) in [6.07, 6.45) is 3.50. The molecule has 0 fully saturated rings. The zero-order valence-electron chi connectivity index (χ0n) is 20.3. The van der Waals surface area contributed by atoms with Gasteiger partial charge in [-0.2, -0.15) is 5.10 Å². The van der Waals surface area contributed by atoms with E-state index in [1.807, 2.05) is 74.6 Å². The number of para-hydroxylation sites is 1. The maximum absolute atomic E-state index is 13.7. The van der Waals surface area contributed by atoms with Crippen LogP contribution in [0.2, 0.25) is 0 Å². The average molecular weight is 501 g/mol. The van der Waals surface area contributed by atoms with Crippen molar-refractivity contribution >= 4 is 23.4 Å². The summed E-state index contributed by atoms with van der Waals surface area (Å²) in [7, 11) is 3.15. The number of benzene rings is 2. The Hall–Kier alpha value is -4.24. The molecular formula is C27H24N4O4S. The van der Waals surface area contributed by atoms with Gasteiger partial charge in [0.2, 0.25) is 0 Å². The highest BCUT2D eigenvalue weighted by atomic mass is 32.1. The Morgan fingerprint density at radius 3 is 2.53 bits per heavy atom. The summed E-state index contributed by atoms with van der Waals surface area (Å²) in [6, 6.07) is 16.3. The molecule has 0 bridgehead atoms. The van der Waals surface area contributed by atoms with Gasteiger partial charge in [0.05, 0.1) is 29.1 Å². The van der Waals surface area contributed by atoms with Crippen LogP contribution in [0.25, 0.3) is 6.08 Å². The largest absolute Gasteiger partial charge is 0.466 e. The molecule has 4 aromatic rings. The molecule has 0 unspecified atom stereocenters. The van der Waals surface area contributed by atoms with Crippen LogP contribution in [0.5, 0.6) is 11.5 Å². The van der Waals surface area contributed by atoms with Crippen molar-refractivity contribution in [1.29, 1.82) is 0 Å². The Kier molecular flexibility index (Phi) is 6.15. The summed E-state index contributed by atoms with van der Waals surface area (Å²) in [4.78, 5) is 31.6. The number of rotatable bonds is 5. The van der Waals surface area contributed by atoms with Crippen molar-refractivity contribution in [2.45, 2.75) is 19.9 Å². The van der Waals surface area contributed by atoms with Crippen molar-refractivity contribution in [3.63, 3.8) is 0 Å². The molecule has 5 rings (SSSR count). The van der Waals surface area contributed by atoms with Gasteiger partial charge < -0.3 is 9.47 Å². The lowest BCUT2D eigenvalue weighted by Gasteiger charge is -2.23. The quantitative estimate of drug-likeness (QED) is 0.393. The Morgan fingerprint density at radius 1 is 1.08 bits per heavy atom. The number of esters is 1. The highest BCUT2D eigenvalue weighted by molar-refractivity contribution is 7.07. The van der Waals surface area contributed by atoms with Crippen molar-refractivity contribution in [1.82, 2.24) is 14.3 Å². The highest BCUT2D eigenvalue weighted by Crippen LogP contribution is 2.32. The lowest BCUT2D eigenvalue weighted by atomic mass is 9.96. The van der Waals surface area contributed by atoms with E-state index >= 15 is 0 Å². The van der Waals surface area contributed by atoms with E-state index < -0.39 is 12.0 Å². The van der Waals surface area contributed by atoms with Gasteiger partial charge in [0, 0.05) is 18.3 Å². The first kappa shape index (κ1) is 23.5. The summed E-state index contributed by atoms with van der Waals surface area (Å²) in [5, 5.41) is 4.33. The van der Waals surface area contributed by atoms with Crippen molar-refractivity contribution < 1.29 is 14.3 Å². The molecule has 0 saturated heterocycles. The SMILES string of the molecule is COC(=O)C1=C(C)N=c2s/c(=C/c3cccc(Oc4ccccc4)c3)c(=O)n2[C@H]1c1cnn(C)c1C. The van der Waals surface area contributed by atoms with Crippen molar-refractivity contribution in [2.75, 3.05) is 7.11 Å². The summed E-state index contributed by atoms with van der Waals surface area (Å²) >= 11 is 1.28. The summed E-state index contributed by atoms with van der Waals surface area (Å²) in [5.74, 6) is 0.867. The van der Waals surface area contributed by atoms with Crippen LogP contribution in [-0.2, 0) is 16.6 Å². The van der Waals surface area contributed by atoms with E-state index in [1.54, 1.807) is 22.4 Å². The summed E-state index contributed by atoms with van der Waals surface area (Å²) in [5.41, 5.74) is 3.00. The molecule has 0 radical (unpaired) electrons. The topological polar surface area (TPSA) is 87.7 Å². The molecular weight excluding hydrogens is 476 g/mol. The predicted octanol–water partition coefficient (Wildman–Crippen LogP) is 3.24. The molecule has 0 aliphatic carbocycles. The number of allylic oxidation sites excluding steroid dienone is 1. The smallest absolute Gasteiger partial charge is 0.338 e. The third-order valence-electron chi connectivity index (χ3n) is 6.13. The fourth-order valence-electron chi connectivity index (χ4n) is 4.21. The number of methoxy groups -OCH3 is 1. The second kappa shape index (κ2) is 9.43. The van der Waals surface area contributed by atoms with Crippen LogP contribution in [0.4, 0.5) is 0 Å². The van der Waals surface area contributed by atoms with Gasteiger partial charge in [0.1, 0.15) is 17.5 Å². The Bertz CT molecular complexity index is 1680. The Morgan fingerprint density at radius 2 is 1.83 bits per heavy atom. The number of hydrogen-bond acceptors (Lipinski definition) is 7. The molecule has 0 N–H and O–H groups in total. The van der Waals surface area contributed by atoms with Crippen LogP contribution in [0.3, 0.4) is 0 Å². The molecule has 1 aliphatic heterocycles. The molecule has 3 heterocycles. The Labute approximate surface area is 211 Å². The van der Waals surface area contributed by atoms with Crippen LogP contribution >= 0.6 is 11.3 Å². The summed E-state index contributed by atoms with van der Waals surface area (Å²) < 4.78 is 14.8. The van der Waals surface area contributed by atoms with Crippen LogP contribution in [-0.4, -0.2) is 27.4 Å². The molecule has 0 saturated carbocycles. The van der Waals surface area contributed by atoms with E-state index in [0.717, 1.165) is 22.6 Å². The number of thiazole rings is 1. The normalized spacial score (nSPS) is 15.4. The van der Waals surface area contributed by atoms with E-state index in [2.05, 4.69) is 10.1 Å². The molecule has 0 spiro atoms. The van der Waals surface area contributed by atoms with Crippen molar-refractivity contribution in [2.24, 2.45) is 12.0 Å². The maximum atomic E-state index is 13.7. The summed E-state index contributed by atoms with van der Waals surface area (Å²) in [6.45, 7) is 3.66. The molecule has 9 heteroatoms. The third kappa shape index (κ3) is 4.18. The highest BCUT2D eigenvalue weighted by Gasteiger charge is 2.34. The number of fused-ring (bicyclic) bond motifs is 1. The first-order chi connectivity index (χ1) is 17.4.